The summed E-state index contributed by atoms with van der Waals surface area (Å²) in [6.07, 6.45) is 0. The summed E-state index contributed by atoms with van der Waals surface area (Å²) < 4.78 is 0. The first-order valence-electron chi connectivity index (χ1n) is 0. The molecular formula is H7MoNO2. The van der Waals surface area contributed by atoms with Gasteiger partial charge in [-0.25, -0.2) is 0 Å². The summed E-state index contributed by atoms with van der Waals surface area (Å²) in [5.74, 6) is 0. The van der Waals surface area contributed by atoms with Crippen molar-refractivity contribution >= 4 is 0 Å². The van der Waals surface area contributed by atoms with Gasteiger partial charge >= 0.3 is 0 Å². The zero-order valence-electron chi connectivity index (χ0n) is 2.12. The maximum atomic E-state index is 0. The molecule has 0 atom stereocenters. The van der Waals surface area contributed by atoms with Crippen LogP contribution in [0.4, 0.5) is 0 Å². The molecule has 30 valence electrons. The molecule has 0 rings (SSSR count). The van der Waals surface area contributed by atoms with Crippen molar-refractivity contribution in [3.63, 3.8) is 0 Å². The average Bonchev–Trinajstić information content (AvgIpc) is 0. The van der Waals surface area contributed by atoms with Crippen molar-refractivity contribution < 1.29 is 32.0 Å². The van der Waals surface area contributed by atoms with Crippen molar-refractivity contribution in [2.45, 2.75) is 0 Å². The van der Waals surface area contributed by atoms with Crippen LogP contribution in [-0.2, 0) is 21.1 Å². The van der Waals surface area contributed by atoms with E-state index in [1.807, 2.05) is 0 Å². The minimum atomic E-state index is 0. The van der Waals surface area contributed by atoms with Crippen LogP contribution in [-0.4, -0.2) is 11.0 Å². The summed E-state index contributed by atoms with van der Waals surface area (Å²) in [7, 11) is 0. The first-order valence-corrected chi connectivity index (χ1v) is 0. The zero-order valence-corrected chi connectivity index (χ0v) is 4.12. The van der Waals surface area contributed by atoms with Crippen molar-refractivity contribution in [2.75, 3.05) is 0 Å². The Balaban J connectivity index is 0. The van der Waals surface area contributed by atoms with Gasteiger partial charge in [0.15, 0.2) is 0 Å². The molecule has 0 saturated heterocycles. The van der Waals surface area contributed by atoms with Gasteiger partial charge in [-0.1, -0.05) is 0 Å². The van der Waals surface area contributed by atoms with Gasteiger partial charge < -0.3 is 17.1 Å². The maximum Gasteiger partial charge on any atom is 0 e. The molecule has 0 heterocycles. The molecule has 0 unspecified atom stereocenters. The van der Waals surface area contributed by atoms with E-state index in [1.165, 1.54) is 0 Å². The summed E-state index contributed by atoms with van der Waals surface area (Å²) in [5.41, 5.74) is 0. The molecule has 0 aliphatic heterocycles. The van der Waals surface area contributed by atoms with Crippen LogP contribution >= 0.6 is 0 Å². The van der Waals surface area contributed by atoms with Crippen molar-refractivity contribution in [3.8, 4) is 0 Å². The standard InChI is InChI=1S/Mo.H3N.2H2O/h;1H3;2*1H2. The summed E-state index contributed by atoms with van der Waals surface area (Å²) in [6, 6.07) is 0. The fourth-order valence-corrected chi connectivity index (χ4v) is 0. The molecule has 7 N–H and O–H groups in total. The Hall–Kier alpha value is 0.568. The van der Waals surface area contributed by atoms with Gasteiger partial charge in [-0.05, 0) is 0 Å². The Kier molecular flexibility index (Phi) is 3280. The van der Waals surface area contributed by atoms with Gasteiger partial charge in [-0.2, -0.15) is 0 Å². The SMILES string of the molecule is N.O.O.[Mo]. The monoisotopic (exact) mass is 151 g/mol. The van der Waals surface area contributed by atoms with Gasteiger partial charge in [0.1, 0.15) is 0 Å². The number of hydrogen-bond acceptors (Lipinski definition) is 1. The molecule has 0 spiro atoms. The molecule has 0 aromatic heterocycles. The largest absolute Gasteiger partial charge is 0.412 e. The van der Waals surface area contributed by atoms with E-state index in [0.717, 1.165) is 0 Å². The molecule has 0 aliphatic carbocycles. The van der Waals surface area contributed by atoms with E-state index in [4.69, 9.17) is 0 Å². The van der Waals surface area contributed by atoms with Crippen LogP contribution in [0.2, 0.25) is 0 Å². The summed E-state index contributed by atoms with van der Waals surface area (Å²) in [4.78, 5) is 0. The van der Waals surface area contributed by atoms with Crippen LogP contribution in [0.25, 0.3) is 0 Å². The Bertz CT molecular complexity index is 6.00. The molecule has 0 aromatic carbocycles. The molecular weight excluding hydrogens is 142 g/mol. The Labute approximate surface area is 38.9 Å². The van der Waals surface area contributed by atoms with E-state index in [0.29, 0.717) is 0 Å². The Morgan fingerprint density at radius 1 is 0.750 bits per heavy atom. The molecule has 4 heteroatoms. The summed E-state index contributed by atoms with van der Waals surface area (Å²) >= 11 is 0. The smallest absolute Gasteiger partial charge is 0 e. The molecule has 0 aromatic rings. The molecule has 0 fully saturated rings. The second-order valence-corrected chi connectivity index (χ2v) is 0. The predicted molar refractivity (Wildman–Crippen MR) is 12.2 cm³/mol. The normalized spacial score (nSPS) is 0. The van der Waals surface area contributed by atoms with Crippen molar-refractivity contribution in [2.24, 2.45) is 0 Å². The number of hydrogen-bond donors (Lipinski definition) is 1. The third kappa shape index (κ3) is 19.6. The quantitative estimate of drug-likeness (QED) is 0.417. The molecule has 4 heavy (non-hydrogen) atoms. The van der Waals surface area contributed by atoms with Gasteiger partial charge in [-0.3, -0.25) is 0 Å². The van der Waals surface area contributed by atoms with Crippen LogP contribution in [0.3, 0.4) is 0 Å². The zero-order chi connectivity index (χ0) is 0. The van der Waals surface area contributed by atoms with Crippen LogP contribution in [0, 0.1) is 0 Å². The molecule has 0 amide bonds. The van der Waals surface area contributed by atoms with E-state index in [2.05, 4.69) is 0 Å². The molecule has 0 radical (unpaired) electrons. The van der Waals surface area contributed by atoms with E-state index < -0.39 is 0 Å². The van der Waals surface area contributed by atoms with Gasteiger partial charge in [0, 0.05) is 21.1 Å². The maximum absolute atomic E-state index is 0. The summed E-state index contributed by atoms with van der Waals surface area (Å²) in [5, 5.41) is 0. The summed E-state index contributed by atoms with van der Waals surface area (Å²) in [6.45, 7) is 0. The van der Waals surface area contributed by atoms with Crippen molar-refractivity contribution in [1.29, 1.82) is 0 Å². The Morgan fingerprint density at radius 3 is 0.750 bits per heavy atom. The van der Waals surface area contributed by atoms with Crippen LogP contribution < -0.4 is 6.15 Å². The topological polar surface area (TPSA) is 98.0 Å². The van der Waals surface area contributed by atoms with Gasteiger partial charge in [-0.15, -0.1) is 0 Å². The van der Waals surface area contributed by atoms with Crippen LogP contribution in [0.5, 0.6) is 0 Å². The van der Waals surface area contributed by atoms with E-state index in [1.54, 1.807) is 0 Å². The van der Waals surface area contributed by atoms with Gasteiger partial charge in [0.2, 0.25) is 0 Å². The van der Waals surface area contributed by atoms with Crippen molar-refractivity contribution in [3.05, 3.63) is 0 Å². The molecule has 3 nitrogen and oxygen atoms in total. The Morgan fingerprint density at radius 2 is 0.750 bits per heavy atom. The third-order valence-electron chi connectivity index (χ3n) is 0. The average molecular weight is 149 g/mol. The second kappa shape index (κ2) is 72.9. The predicted octanol–water partition coefficient (Wildman–Crippen LogP) is -1.49. The van der Waals surface area contributed by atoms with E-state index in [-0.39, 0.29) is 38.2 Å². The first kappa shape index (κ1) is 180. The van der Waals surface area contributed by atoms with Crippen LogP contribution in [0.15, 0.2) is 0 Å². The fourth-order valence-electron chi connectivity index (χ4n) is 0. The van der Waals surface area contributed by atoms with Crippen LogP contribution in [0.1, 0.15) is 0 Å². The minimum absolute atomic E-state index is 0. The molecule has 0 bridgehead atoms. The van der Waals surface area contributed by atoms with E-state index in [9.17, 15) is 0 Å². The fraction of sp³-hybridized carbons (Fsp3) is 0. The molecule has 0 saturated carbocycles. The van der Waals surface area contributed by atoms with Gasteiger partial charge in [0.25, 0.3) is 0 Å². The second-order valence-electron chi connectivity index (χ2n) is 0. The van der Waals surface area contributed by atoms with Gasteiger partial charge in [0.05, 0.1) is 0 Å². The van der Waals surface area contributed by atoms with E-state index >= 15 is 0 Å². The minimum Gasteiger partial charge on any atom is -0.412 e. The third-order valence-corrected chi connectivity index (χ3v) is 0. The molecule has 0 aliphatic rings. The van der Waals surface area contributed by atoms with Crippen molar-refractivity contribution in [1.82, 2.24) is 6.15 Å². The first-order chi connectivity index (χ1) is 0. The number of rotatable bonds is 0.